The fraction of sp³-hybridized carbons (Fsp3) is 0.706. The van der Waals surface area contributed by atoms with E-state index in [1.54, 1.807) is 14.0 Å². The van der Waals surface area contributed by atoms with Crippen molar-refractivity contribution < 1.29 is 18.8 Å². The van der Waals surface area contributed by atoms with Gasteiger partial charge < -0.3 is 19.5 Å². The summed E-state index contributed by atoms with van der Waals surface area (Å²) in [6.07, 6.45) is 3.24. The molecule has 138 valence electrons. The number of aromatic nitrogens is 1. The molecular formula is C17H26N4O4. The van der Waals surface area contributed by atoms with Gasteiger partial charge in [0.1, 0.15) is 5.76 Å². The first-order valence-corrected chi connectivity index (χ1v) is 8.87. The highest BCUT2D eigenvalue weighted by molar-refractivity contribution is 5.93. The van der Waals surface area contributed by atoms with Crippen LogP contribution < -0.4 is 5.32 Å². The number of ether oxygens (including phenoxy) is 1. The number of hydrogen-bond acceptors (Lipinski definition) is 6. The van der Waals surface area contributed by atoms with Crippen LogP contribution in [0.5, 0.6) is 0 Å². The first-order chi connectivity index (χ1) is 12.1. The van der Waals surface area contributed by atoms with Gasteiger partial charge in [0.05, 0.1) is 18.2 Å². The number of carbonyl (C=O) groups is 2. The van der Waals surface area contributed by atoms with E-state index in [4.69, 9.17) is 9.26 Å². The van der Waals surface area contributed by atoms with Crippen molar-refractivity contribution in [1.29, 1.82) is 0 Å². The van der Waals surface area contributed by atoms with Gasteiger partial charge in [-0.05, 0) is 39.3 Å². The van der Waals surface area contributed by atoms with Gasteiger partial charge in [-0.3, -0.25) is 14.5 Å². The third-order valence-electron chi connectivity index (χ3n) is 5.01. The summed E-state index contributed by atoms with van der Waals surface area (Å²) in [6.45, 7) is 5.75. The van der Waals surface area contributed by atoms with Crippen LogP contribution >= 0.6 is 0 Å². The standard InChI is InChI=1S/C17H26N4O4/c1-12-13(11-24-2)15(19-25-12)16(22)18-6-10-21-9-5-14(17(21)23)20-7-3-4-8-20/h14H,3-11H2,1-2H3,(H,18,22). The maximum Gasteiger partial charge on any atom is 0.273 e. The normalized spacial score (nSPS) is 21.3. The van der Waals surface area contributed by atoms with Crippen molar-refractivity contribution in [2.24, 2.45) is 0 Å². The summed E-state index contributed by atoms with van der Waals surface area (Å²) in [5.41, 5.74) is 0.911. The van der Waals surface area contributed by atoms with Crippen molar-refractivity contribution >= 4 is 11.8 Å². The van der Waals surface area contributed by atoms with E-state index in [2.05, 4.69) is 15.4 Å². The lowest BCUT2D eigenvalue weighted by Gasteiger charge is -2.22. The number of nitrogens with one attached hydrogen (secondary N) is 1. The molecule has 8 nitrogen and oxygen atoms in total. The first kappa shape index (κ1) is 17.9. The molecule has 1 aromatic rings. The third-order valence-corrected chi connectivity index (χ3v) is 5.01. The van der Waals surface area contributed by atoms with Crippen LogP contribution in [0.25, 0.3) is 0 Å². The molecule has 2 aliphatic heterocycles. The Bertz CT molecular complexity index is 624. The average molecular weight is 350 g/mol. The Balaban J connectivity index is 1.48. The second-order valence-corrected chi connectivity index (χ2v) is 6.63. The van der Waals surface area contributed by atoms with E-state index >= 15 is 0 Å². The van der Waals surface area contributed by atoms with E-state index in [0.29, 0.717) is 24.4 Å². The summed E-state index contributed by atoms with van der Waals surface area (Å²) in [5.74, 6) is 0.468. The molecule has 3 heterocycles. The van der Waals surface area contributed by atoms with Crippen molar-refractivity contribution in [2.45, 2.75) is 38.8 Å². The summed E-state index contributed by atoms with van der Waals surface area (Å²) in [4.78, 5) is 28.9. The van der Waals surface area contributed by atoms with Crippen LogP contribution in [0, 0.1) is 6.92 Å². The molecule has 2 amide bonds. The molecule has 2 aliphatic rings. The molecule has 1 aromatic heterocycles. The van der Waals surface area contributed by atoms with E-state index < -0.39 is 0 Å². The highest BCUT2D eigenvalue weighted by atomic mass is 16.5. The Morgan fingerprint density at radius 2 is 2.12 bits per heavy atom. The summed E-state index contributed by atoms with van der Waals surface area (Å²) < 4.78 is 10.2. The highest BCUT2D eigenvalue weighted by Crippen LogP contribution is 2.21. The van der Waals surface area contributed by atoms with E-state index in [1.165, 1.54) is 12.8 Å². The summed E-state index contributed by atoms with van der Waals surface area (Å²) >= 11 is 0. The SMILES string of the molecule is COCc1c(C(=O)NCCN2CCC(N3CCCC3)C2=O)noc1C. The summed E-state index contributed by atoms with van der Waals surface area (Å²) in [6, 6.07) is 0.0321. The summed E-state index contributed by atoms with van der Waals surface area (Å²) in [7, 11) is 1.56. The molecule has 2 fully saturated rings. The van der Waals surface area contributed by atoms with Crippen LogP contribution in [0.4, 0.5) is 0 Å². The molecule has 1 N–H and O–H groups in total. The number of aryl methyl sites for hydroxylation is 1. The minimum absolute atomic E-state index is 0.0321. The Labute approximate surface area is 147 Å². The zero-order chi connectivity index (χ0) is 17.8. The van der Waals surface area contributed by atoms with E-state index in [1.807, 2.05) is 4.90 Å². The maximum atomic E-state index is 12.5. The molecule has 1 unspecified atom stereocenters. The van der Waals surface area contributed by atoms with Crippen molar-refractivity contribution in [1.82, 2.24) is 20.3 Å². The van der Waals surface area contributed by atoms with Crippen LogP contribution in [0.15, 0.2) is 4.52 Å². The van der Waals surface area contributed by atoms with Crippen LogP contribution in [0.2, 0.25) is 0 Å². The number of hydrogen-bond donors (Lipinski definition) is 1. The fourth-order valence-corrected chi connectivity index (χ4v) is 3.61. The number of amides is 2. The molecule has 0 saturated carbocycles. The Morgan fingerprint density at radius 3 is 2.84 bits per heavy atom. The topological polar surface area (TPSA) is 87.9 Å². The smallest absolute Gasteiger partial charge is 0.273 e. The van der Waals surface area contributed by atoms with Crippen molar-refractivity contribution in [2.75, 3.05) is 39.8 Å². The molecular weight excluding hydrogens is 324 g/mol. The number of carbonyl (C=O) groups excluding carboxylic acids is 2. The lowest BCUT2D eigenvalue weighted by atomic mass is 10.2. The molecule has 1 atom stereocenters. The molecule has 0 radical (unpaired) electrons. The average Bonchev–Trinajstić information content (AvgIpc) is 3.31. The van der Waals surface area contributed by atoms with Gasteiger partial charge in [-0.15, -0.1) is 0 Å². The quantitative estimate of drug-likeness (QED) is 0.773. The largest absolute Gasteiger partial charge is 0.380 e. The van der Waals surface area contributed by atoms with Crippen LogP contribution in [-0.2, 0) is 16.1 Å². The zero-order valence-electron chi connectivity index (χ0n) is 14.9. The fourth-order valence-electron chi connectivity index (χ4n) is 3.61. The van der Waals surface area contributed by atoms with E-state index in [-0.39, 0.29) is 30.2 Å². The number of rotatable bonds is 7. The molecule has 2 saturated heterocycles. The lowest BCUT2D eigenvalue weighted by Crippen LogP contribution is -2.42. The summed E-state index contributed by atoms with van der Waals surface area (Å²) in [5, 5.41) is 6.63. The van der Waals surface area contributed by atoms with Crippen LogP contribution in [0.3, 0.4) is 0 Å². The van der Waals surface area contributed by atoms with Gasteiger partial charge in [0.2, 0.25) is 5.91 Å². The number of nitrogens with zero attached hydrogens (tertiary/aromatic N) is 3. The van der Waals surface area contributed by atoms with Gasteiger partial charge in [-0.1, -0.05) is 5.16 Å². The highest BCUT2D eigenvalue weighted by Gasteiger charge is 2.36. The predicted octanol–water partition coefficient (Wildman–Crippen LogP) is 0.556. The second-order valence-electron chi connectivity index (χ2n) is 6.63. The molecule has 25 heavy (non-hydrogen) atoms. The molecule has 3 rings (SSSR count). The van der Waals surface area contributed by atoms with E-state index in [0.717, 1.165) is 26.1 Å². The molecule has 0 spiro atoms. The van der Waals surface area contributed by atoms with Crippen LogP contribution in [-0.4, -0.2) is 72.6 Å². The van der Waals surface area contributed by atoms with Gasteiger partial charge >= 0.3 is 0 Å². The number of likely N-dealkylation sites (tertiary alicyclic amines) is 2. The minimum atomic E-state index is -0.299. The van der Waals surface area contributed by atoms with Gasteiger partial charge in [-0.2, -0.15) is 0 Å². The Hall–Kier alpha value is -1.93. The minimum Gasteiger partial charge on any atom is -0.380 e. The van der Waals surface area contributed by atoms with Crippen molar-refractivity contribution in [3.05, 3.63) is 17.0 Å². The van der Waals surface area contributed by atoms with Gasteiger partial charge in [0, 0.05) is 26.7 Å². The lowest BCUT2D eigenvalue weighted by molar-refractivity contribution is -0.131. The molecule has 0 aliphatic carbocycles. The monoisotopic (exact) mass is 350 g/mol. The molecule has 8 heteroatoms. The van der Waals surface area contributed by atoms with Crippen LogP contribution in [0.1, 0.15) is 41.1 Å². The number of methoxy groups -OCH3 is 1. The Kier molecular flexibility index (Phi) is 5.70. The van der Waals surface area contributed by atoms with E-state index in [9.17, 15) is 9.59 Å². The molecule has 0 aromatic carbocycles. The van der Waals surface area contributed by atoms with Gasteiger partial charge in [0.15, 0.2) is 5.69 Å². The Morgan fingerprint density at radius 1 is 1.36 bits per heavy atom. The first-order valence-electron chi connectivity index (χ1n) is 8.87. The van der Waals surface area contributed by atoms with Crippen molar-refractivity contribution in [3.63, 3.8) is 0 Å². The van der Waals surface area contributed by atoms with Gasteiger partial charge in [0.25, 0.3) is 5.91 Å². The van der Waals surface area contributed by atoms with Gasteiger partial charge in [-0.25, -0.2) is 0 Å². The molecule has 0 bridgehead atoms. The maximum absolute atomic E-state index is 12.5. The zero-order valence-corrected chi connectivity index (χ0v) is 14.9. The van der Waals surface area contributed by atoms with Crippen molar-refractivity contribution in [3.8, 4) is 0 Å². The predicted molar refractivity (Wildman–Crippen MR) is 90.1 cm³/mol. The second kappa shape index (κ2) is 7.97. The third kappa shape index (κ3) is 3.85.